The standard InChI is InChI=1S/C14H13F2NO/c1-2-6-18-14-5-3-4-13(17-14)10-7-11(15)9-12(16)8-10/h3-5,7-9H,2,6H2,1H3. The van der Waals surface area contributed by atoms with E-state index >= 15 is 0 Å². The van der Waals surface area contributed by atoms with Gasteiger partial charge >= 0.3 is 0 Å². The van der Waals surface area contributed by atoms with Crippen LogP contribution in [0.3, 0.4) is 0 Å². The van der Waals surface area contributed by atoms with Gasteiger partial charge in [0.25, 0.3) is 0 Å². The third-order valence-corrected chi connectivity index (χ3v) is 2.34. The third kappa shape index (κ3) is 3.03. The molecule has 1 heterocycles. The van der Waals surface area contributed by atoms with Crippen LogP contribution in [0.5, 0.6) is 5.88 Å². The van der Waals surface area contributed by atoms with E-state index in [-0.39, 0.29) is 0 Å². The lowest BCUT2D eigenvalue weighted by Gasteiger charge is -2.06. The summed E-state index contributed by atoms with van der Waals surface area (Å²) in [7, 11) is 0. The molecule has 18 heavy (non-hydrogen) atoms. The van der Waals surface area contributed by atoms with E-state index in [9.17, 15) is 8.78 Å². The van der Waals surface area contributed by atoms with Gasteiger partial charge in [-0.3, -0.25) is 0 Å². The second-order valence-electron chi connectivity index (χ2n) is 3.87. The van der Waals surface area contributed by atoms with Crippen LogP contribution in [0.4, 0.5) is 8.78 Å². The molecule has 2 rings (SSSR count). The first kappa shape index (κ1) is 12.5. The lowest BCUT2D eigenvalue weighted by molar-refractivity contribution is 0.305. The van der Waals surface area contributed by atoms with Gasteiger partial charge in [-0.15, -0.1) is 0 Å². The number of nitrogens with zero attached hydrogens (tertiary/aromatic N) is 1. The highest BCUT2D eigenvalue weighted by Gasteiger charge is 2.05. The summed E-state index contributed by atoms with van der Waals surface area (Å²) in [5.74, 6) is -0.780. The van der Waals surface area contributed by atoms with Crippen LogP contribution in [0.2, 0.25) is 0 Å². The van der Waals surface area contributed by atoms with Crippen LogP contribution in [0.1, 0.15) is 13.3 Å². The maximum atomic E-state index is 13.1. The van der Waals surface area contributed by atoms with Crippen molar-refractivity contribution in [1.82, 2.24) is 4.98 Å². The summed E-state index contributed by atoms with van der Waals surface area (Å²) in [5.41, 5.74) is 0.886. The highest BCUT2D eigenvalue weighted by Crippen LogP contribution is 2.21. The molecule has 0 N–H and O–H groups in total. The fourth-order valence-corrected chi connectivity index (χ4v) is 1.56. The highest BCUT2D eigenvalue weighted by atomic mass is 19.1. The van der Waals surface area contributed by atoms with Crippen LogP contribution < -0.4 is 4.74 Å². The first-order chi connectivity index (χ1) is 8.69. The zero-order valence-electron chi connectivity index (χ0n) is 9.99. The molecule has 0 aliphatic rings. The van der Waals surface area contributed by atoms with Crippen LogP contribution >= 0.6 is 0 Å². The molecule has 1 aromatic heterocycles. The fraction of sp³-hybridized carbons (Fsp3) is 0.214. The van der Waals surface area contributed by atoms with Crippen molar-refractivity contribution in [2.24, 2.45) is 0 Å². The molecular weight excluding hydrogens is 236 g/mol. The van der Waals surface area contributed by atoms with Gasteiger partial charge in [-0.25, -0.2) is 13.8 Å². The molecule has 94 valence electrons. The van der Waals surface area contributed by atoms with E-state index in [1.807, 2.05) is 6.92 Å². The summed E-state index contributed by atoms with van der Waals surface area (Å²) in [4.78, 5) is 4.21. The van der Waals surface area contributed by atoms with Crippen molar-refractivity contribution in [3.8, 4) is 17.1 Å². The predicted octanol–water partition coefficient (Wildman–Crippen LogP) is 3.82. The number of ether oxygens (including phenoxy) is 1. The van der Waals surface area contributed by atoms with Crippen molar-refractivity contribution < 1.29 is 13.5 Å². The average molecular weight is 249 g/mol. The van der Waals surface area contributed by atoms with Crippen molar-refractivity contribution in [2.45, 2.75) is 13.3 Å². The van der Waals surface area contributed by atoms with Gasteiger partial charge in [0.1, 0.15) is 11.6 Å². The Labute approximate surface area is 104 Å². The van der Waals surface area contributed by atoms with Crippen LogP contribution in [-0.4, -0.2) is 11.6 Å². The average Bonchev–Trinajstić information content (AvgIpc) is 2.35. The van der Waals surface area contributed by atoms with Crippen LogP contribution in [0.15, 0.2) is 36.4 Å². The molecule has 0 saturated heterocycles. The quantitative estimate of drug-likeness (QED) is 0.821. The van der Waals surface area contributed by atoms with Crippen molar-refractivity contribution in [2.75, 3.05) is 6.61 Å². The first-order valence-electron chi connectivity index (χ1n) is 5.75. The fourth-order valence-electron chi connectivity index (χ4n) is 1.56. The first-order valence-corrected chi connectivity index (χ1v) is 5.75. The normalized spacial score (nSPS) is 10.4. The summed E-state index contributed by atoms with van der Waals surface area (Å²) >= 11 is 0. The second-order valence-corrected chi connectivity index (χ2v) is 3.87. The topological polar surface area (TPSA) is 22.1 Å². The Morgan fingerprint density at radius 2 is 1.83 bits per heavy atom. The lowest BCUT2D eigenvalue weighted by Crippen LogP contribution is -1.98. The van der Waals surface area contributed by atoms with Crippen molar-refractivity contribution in [1.29, 1.82) is 0 Å². The number of aromatic nitrogens is 1. The summed E-state index contributed by atoms with van der Waals surface area (Å²) in [6, 6.07) is 8.48. The summed E-state index contributed by atoms with van der Waals surface area (Å²) < 4.78 is 31.6. The predicted molar refractivity (Wildman–Crippen MR) is 65.4 cm³/mol. The second kappa shape index (κ2) is 5.58. The molecule has 1 aromatic carbocycles. The molecule has 4 heteroatoms. The van der Waals surface area contributed by atoms with Gasteiger partial charge in [-0.1, -0.05) is 13.0 Å². The maximum absolute atomic E-state index is 13.1. The minimum Gasteiger partial charge on any atom is -0.478 e. The maximum Gasteiger partial charge on any atom is 0.213 e. The SMILES string of the molecule is CCCOc1cccc(-c2cc(F)cc(F)c2)n1. The van der Waals surface area contributed by atoms with Gasteiger partial charge in [0, 0.05) is 17.7 Å². The van der Waals surface area contributed by atoms with Crippen LogP contribution in [-0.2, 0) is 0 Å². The Hall–Kier alpha value is -1.97. The number of rotatable bonds is 4. The van der Waals surface area contributed by atoms with Crippen molar-refractivity contribution in [3.05, 3.63) is 48.0 Å². The smallest absolute Gasteiger partial charge is 0.213 e. The molecule has 0 radical (unpaired) electrons. The molecule has 2 nitrogen and oxygen atoms in total. The minimum absolute atomic E-state index is 0.398. The van der Waals surface area contributed by atoms with Crippen molar-refractivity contribution >= 4 is 0 Å². The van der Waals surface area contributed by atoms with Gasteiger partial charge in [0.05, 0.1) is 12.3 Å². The number of hydrogen-bond acceptors (Lipinski definition) is 2. The molecule has 2 aromatic rings. The number of pyridine rings is 1. The van der Waals surface area contributed by atoms with Crippen LogP contribution in [0, 0.1) is 11.6 Å². The van der Waals surface area contributed by atoms with E-state index in [0.717, 1.165) is 12.5 Å². The molecule has 0 saturated carbocycles. The Morgan fingerprint density at radius 1 is 1.11 bits per heavy atom. The van der Waals surface area contributed by atoms with E-state index in [1.165, 1.54) is 12.1 Å². The van der Waals surface area contributed by atoms with E-state index in [0.29, 0.717) is 23.7 Å². The lowest BCUT2D eigenvalue weighted by atomic mass is 10.1. The van der Waals surface area contributed by atoms with E-state index in [4.69, 9.17) is 4.74 Å². The third-order valence-electron chi connectivity index (χ3n) is 2.34. The van der Waals surface area contributed by atoms with Gasteiger partial charge in [-0.05, 0) is 24.6 Å². The van der Waals surface area contributed by atoms with Gasteiger partial charge in [0.15, 0.2) is 0 Å². The zero-order valence-corrected chi connectivity index (χ0v) is 9.99. The molecule has 0 aliphatic heterocycles. The van der Waals surface area contributed by atoms with Crippen molar-refractivity contribution in [3.63, 3.8) is 0 Å². The Balaban J connectivity index is 2.32. The summed E-state index contributed by atoms with van der Waals surface area (Å²) in [6.07, 6.45) is 0.875. The molecule has 0 bridgehead atoms. The monoisotopic (exact) mass is 249 g/mol. The molecule has 0 atom stereocenters. The molecule has 0 spiro atoms. The Bertz CT molecular complexity index is 523. The summed E-state index contributed by atoms with van der Waals surface area (Å²) in [6.45, 7) is 2.56. The Kier molecular flexibility index (Phi) is 3.87. The van der Waals surface area contributed by atoms with Gasteiger partial charge in [0.2, 0.25) is 5.88 Å². The number of benzene rings is 1. The highest BCUT2D eigenvalue weighted by molar-refractivity contribution is 5.59. The minimum atomic E-state index is -0.619. The molecule has 0 aliphatic carbocycles. The molecular formula is C14H13F2NO. The largest absolute Gasteiger partial charge is 0.478 e. The van der Waals surface area contributed by atoms with E-state index in [1.54, 1.807) is 18.2 Å². The van der Waals surface area contributed by atoms with Crippen LogP contribution in [0.25, 0.3) is 11.3 Å². The van der Waals surface area contributed by atoms with Gasteiger partial charge < -0.3 is 4.74 Å². The number of hydrogen-bond donors (Lipinski definition) is 0. The summed E-state index contributed by atoms with van der Waals surface area (Å²) in [5, 5.41) is 0. The van der Waals surface area contributed by atoms with Gasteiger partial charge in [-0.2, -0.15) is 0 Å². The number of halogens is 2. The van der Waals surface area contributed by atoms with E-state index < -0.39 is 11.6 Å². The molecule has 0 fully saturated rings. The Morgan fingerprint density at radius 3 is 2.50 bits per heavy atom. The zero-order chi connectivity index (χ0) is 13.0. The van der Waals surface area contributed by atoms with E-state index in [2.05, 4.69) is 4.98 Å². The molecule has 0 amide bonds. The molecule has 0 unspecified atom stereocenters.